The Balaban J connectivity index is 1.88. The van der Waals surface area contributed by atoms with Gasteiger partial charge in [-0.15, -0.1) is 0 Å². The van der Waals surface area contributed by atoms with Crippen molar-refractivity contribution in [2.75, 3.05) is 6.54 Å². The molecule has 2 rings (SSSR count). The molecule has 1 amide bonds. The van der Waals surface area contributed by atoms with Gasteiger partial charge in [-0.25, -0.2) is 0 Å². The van der Waals surface area contributed by atoms with E-state index in [0.29, 0.717) is 18.0 Å². The summed E-state index contributed by atoms with van der Waals surface area (Å²) in [6.07, 6.45) is 3.61. The Hall–Kier alpha value is -0.870. The lowest BCUT2D eigenvalue weighted by Gasteiger charge is -2.34. The van der Waals surface area contributed by atoms with Gasteiger partial charge in [0.15, 0.2) is 0 Å². The zero-order valence-electron chi connectivity index (χ0n) is 11.2. The summed E-state index contributed by atoms with van der Waals surface area (Å²) in [7, 11) is 0. The fourth-order valence-corrected chi connectivity index (χ4v) is 2.69. The van der Waals surface area contributed by atoms with Crippen molar-refractivity contribution in [2.45, 2.75) is 38.2 Å². The van der Waals surface area contributed by atoms with Gasteiger partial charge in [-0.1, -0.05) is 22.9 Å². The Kier molecular flexibility index (Phi) is 4.63. The molecular formula is C15H20BrNO2. The highest BCUT2D eigenvalue weighted by Gasteiger charge is 2.32. The number of carbonyl (C=O) groups excluding carboxylic acids is 1. The van der Waals surface area contributed by atoms with Gasteiger partial charge in [0.05, 0.1) is 5.60 Å². The van der Waals surface area contributed by atoms with E-state index >= 15 is 0 Å². The summed E-state index contributed by atoms with van der Waals surface area (Å²) in [6, 6.07) is 7.22. The van der Waals surface area contributed by atoms with Gasteiger partial charge in [-0.05, 0) is 55.9 Å². The maximum atomic E-state index is 12.0. The highest BCUT2D eigenvalue weighted by atomic mass is 79.9. The summed E-state index contributed by atoms with van der Waals surface area (Å²) in [5.74, 6) is 0.557. The molecule has 0 heterocycles. The van der Waals surface area contributed by atoms with Gasteiger partial charge in [-0.2, -0.15) is 0 Å². The lowest BCUT2D eigenvalue weighted by Crippen LogP contribution is -2.45. The van der Waals surface area contributed by atoms with Crippen LogP contribution in [0.25, 0.3) is 0 Å². The van der Waals surface area contributed by atoms with E-state index in [0.717, 1.165) is 30.2 Å². The molecule has 0 saturated heterocycles. The molecule has 19 heavy (non-hydrogen) atoms. The zero-order valence-corrected chi connectivity index (χ0v) is 12.7. The van der Waals surface area contributed by atoms with Gasteiger partial charge in [0.25, 0.3) is 5.91 Å². The SMILES string of the molecule is CC1CCC(O)(CNC(=O)c2ccc(Br)cc2)CC1. The second-order valence-electron chi connectivity index (χ2n) is 5.60. The topological polar surface area (TPSA) is 49.3 Å². The van der Waals surface area contributed by atoms with Crippen LogP contribution < -0.4 is 5.32 Å². The number of hydrogen-bond donors (Lipinski definition) is 2. The predicted molar refractivity (Wildman–Crippen MR) is 79.1 cm³/mol. The average molecular weight is 326 g/mol. The fourth-order valence-electron chi connectivity index (χ4n) is 2.42. The quantitative estimate of drug-likeness (QED) is 0.897. The fraction of sp³-hybridized carbons (Fsp3) is 0.533. The molecule has 1 fully saturated rings. The number of halogens is 1. The third kappa shape index (κ3) is 4.05. The zero-order chi connectivity index (χ0) is 13.9. The molecule has 0 aliphatic heterocycles. The van der Waals surface area contributed by atoms with Crippen LogP contribution in [0, 0.1) is 5.92 Å². The van der Waals surface area contributed by atoms with Crippen LogP contribution in [-0.4, -0.2) is 23.2 Å². The molecule has 3 nitrogen and oxygen atoms in total. The first-order chi connectivity index (χ1) is 8.98. The average Bonchev–Trinajstić information content (AvgIpc) is 2.41. The first-order valence-electron chi connectivity index (χ1n) is 6.75. The number of benzene rings is 1. The predicted octanol–water partition coefficient (Wildman–Crippen LogP) is 3.12. The van der Waals surface area contributed by atoms with Gasteiger partial charge >= 0.3 is 0 Å². The van der Waals surface area contributed by atoms with Crippen molar-refractivity contribution in [1.29, 1.82) is 0 Å². The molecular weight excluding hydrogens is 306 g/mol. The Labute approximate surface area is 122 Å². The summed E-state index contributed by atoms with van der Waals surface area (Å²) in [4.78, 5) is 12.0. The Morgan fingerprint density at radius 3 is 2.53 bits per heavy atom. The van der Waals surface area contributed by atoms with Crippen LogP contribution in [0.1, 0.15) is 43.0 Å². The number of nitrogens with one attached hydrogen (secondary N) is 1. The molecule has 1 aliphatic rings. The minimum absolute atomic E-state index is 0.125. The van der Waals surface area contributed by atoms with E-state index in [-0.39, 0.29) is 5.91 Å². The monoisotopic (exact) mass is 325 g/mol. The van der Waals surface area contributed by atoms with Crippen LogP contribution in [0.4, 0.5) is 0 Å². The molecule has 2 N–H and O–H groups in total. The first-order valence-corrected chi connectivity index (χ1v) is 7.54. The lowest BCUT2D eigenvalue weighted by atomic mass is 9.79. The molecule has 0 radical (unpaired) electrons. The van der Waals surface area contributed by atoms with Crippen LogP contribution in [0.3, 0.4) is 0 Å². The third-order valence-electron chi connectivity index (χ3n) is 3.89. The van der Waals surface area contributed by atoms with E-state index in [1.807, 2.05) is 12.1 Å². The van der Waals surface area contributed by atoms with Crippen LogP contribution in [0.15, 0.2) is 28.7 Å². The number of hydrogen-bond acceptors (Lipinski definition) is 2. The van der Waals surface area contributed by atoms with Gasteiger partial charge < -0.3 is 10.4 Å². The van der Waals surface area contributed by atoms with E-state index in [4.69, 9.17) is 0 Å². The van der Waals surface area contributed by atoms with Crippen molar-refractivity contribution in [2.24, 2.45) is 5.92 Å². The van der Waals surface area contributed by atoms with Gasteiger partial charge in [-0.3, -0.25) is 4.79 Å². The maximum absolute atomic E-state index is 12.0. The van der Waals surface area contributed by atoms with Crippen molar-refractivity contribution in [3.63, 3.8) is 0 Å². The largest absolute Gasteiger partial charge is 0.388 e. The maximum Gasteiger partial charge on any atom is 0.251 e. The number of carbonyl (C=O) groups is 1. The van der Waals surface area contributed by atoms with Gasteiger partial charge in [0.2, 0.25) is 0 Å². The van der Waals surface area contributed by atoms with Crippen molar-refractivity contribution < 1.29 is 9.90 Å². The molecule has 0 spiro atoms. The molecule has 4 heteroatoms. The number of amides is 1. The molecule has 1 aromatic rings. The van der Waals surface area contributed by atoms with E-state index in [2.05, 4.69) is 28.2 Å². The summed E-state index contributed by atoms with van der Waals surface area (Å²) < 4.78 is 0.948. The van der Waals surface area contributed by atoms with Crippen LogP contribution in [0.2, 0.25) is 0 Å². The molecule has 1 saturated carbocycles. The second-order valence-corrected chi connectivity index (χ2v) is 6.51. The summed E-state index contributed by atoms with van der Waals surface area (Å²) >= 11 is 3.34. The molecule has 104 valence electrons. The summed E-state index contributed by atoms with van der Waals surface area (Å²) in [5, 5.41) is 13.2. The molecule has 1 aromatic carbocycles. The number of rotatable bonds is 3. The Morgan fingerprint density at radius 2 is 1.95 bits per heavy atom. The van der Waals surface area contributed by atoms with Crippen molar-refractivity contribution >= 4 is 21.8 Å². The molecule has 0 bridgehead atoms. The van der Waals surface area contributed by atoms with Gasteiger partial charge in [0, 0.05) is 16.6 Å². The molecule has 0 atom stereocenters. The molecule has 0 unspecified atom stereocenters. The molecule has 0 aromatic heterocycles. The first kappa shape index (κ1) is 14.5. The Bertz CT molecular complexity index is 436. The lowest BCUT2D eigenvalue weighted by molar-refractivity contribution is -0.00539. The third-order valence-corrected chi connectivity index (χ3v) is 4.42. The highest BCUT2D eigenvalue weighted by molar-refractivity contribution is 9.10. The van der Waals surface area contributed by atoms with E-state index in [1.165, 1.54) is 0 Å². The van der Waals surface area contributed by atoms with Crippen LogP contribution in [-0.2, 0) is 0 Å². The standard InChI is InChI=1S/C15H20BrNO2/c1-11-6-8-15(19,9-7-11)10-17-14(18)12-2-4-13(16)5-3-12/h2-5,11,19H,6-10H2,1H3,(H,17,18). The van der Waals surface area contributed by atoms with Crippen molar-refractivity contribution in [3.05, 3.63) is 34.3 Å². The minimum atomic E-state index is -0.725. The minimum Gasteiger partial charge on any atom is -0.388 e. The van der Waals surface area contributed by atoms with Crippen LogP contribution >= 0.6 is 15.9 Å². The smallest absolute Gasteiger partial charge is 0.251 e. The van der Waals surface area contributed by atoms with E-state index < -0.39 is 5.60 Å². The summed E-state index contributed by atoms with van der Waals surface area (Å²) in [5.41, 5.74) is -0.103. The Morgan fingerprint density at radius 1 is 1.37 bits per heavy atom. The summed E-state index contributed by atoms with van der Waals surface area (Å²) in [6.45, 7) is 2.55. The highest BCUT2D eigenvalue weighted by Crippen LogP contribution is 2.31. The van der Waals surface area contributed by atoms with Crippen molar-refractivity contribution in [3.8, 4) is 0 Å². The van der Waals surface area contributed by atoms with Crippen LogP contribution in [0.5, 0.6) is 0 Å². The molecule has 1 aliphatic carbocycles. The van der Waals surface area contributed by atoms with E-state index in [1.54, 1.807) is 12.1 Å². The normalized spacial score (nSPS) is 27.0. The van der Waals surface area contributed by atoms with Gasteiger partial charge in [0.1, 0.15) is 0 Å². The van der Waals surface area contributed by atoms with E-state index in [9.17, 15) is 9.90 Å². The second kappa shape index (κ2) is 6.06. The van der Waals surface area contributed by atoms with Crippen molar-refractivity contribution in [1.82, 2.24) is 5.32 Å². The number of aliphatic hydroxyl groups is 1.